The summed E-state index contributed by atoms with van der Waals surface area (Å²) in [7, 11) is 0. The number of rotatable bonds is 3. The Kier molecular flexibility index (Phi) is 4.86. The number of nitrogens with one attached hydrogen (secondary N) is 1. The van der Waals surface area contributed by atoms with Gasteiger partial charge in [0.05, 0.1) is 0 Å². The van der Waals surface area contributed by atoms with Crippen LogP contribution >= 0.6 is 0 Å². The summed E-state index contributed by atoms with van der Waals surface area (Å²) in [5, 5.41) is 0. The first-order valence-corrected chi connectivity index (χ1v) is 10.1. The molecule has 0 amide bonds. The molecule has 0 radical (unpaired) electrons. The van der Waals surface area contributed by atoms with E-state index in [1.165, 1.54) is 23.0 Å². The second-order valence-corrected chi connectivity index (χ2v) is 7.83. The molecular formula is C23H21F2N5O. The zero-order valence-corrected chi connectivity index (χ0v) is 16.9. The molecule has 1 unspecified atom stereocenters. The standard InChI is InChI=1S/C23H21F2N5O/c1-14-10-20-26-8-6-21(31)30(20)28-23(14)29-9-7-19-16(13-29)11-15(12-27-19)17-4-2-3-5-18(17)22(24)25/h2-6,8,10-12,22-23,28H,7,9,13H2,1H3. The van der Waals surface area contributed by atoms with Crippen molar-refractivity contribution in [2.75, 3.05) is 12.0 Å². The van der Waals surface area contributed by atoms with E-state index >= 15 is 0 Å². The van der Waals surface area contributed by atoms with Gasteiger partial charge in [0, 0.05) is 54.8 Å². The lowest BCUT2D eigenvalue weighted by Gasteiger charge is -2.38. The molecule has 2 aliphatic heterocycles. The molecule has 0 saturated carbocycles. The topological polar surface area (TPSA) is 63.1 Å². The molecule has 1 atom stereocenters. The van der Waals surface area contributed by atoms with Crippen molar-refractivity contribution in [1.82, 2.24) is 19.5 Å². The average Bonchev–Trinajstić information content (AvgIpc) is 2.78. The molecule has 158 valence electrons. The van der Waals surface area contributed by atoms with E-state index < -0.39 is 6.43 Å². The van der Waals surface area contributed by atoms with Crippen LogP contribution in [0.2, 0.25) is 0 Å². The number of pyridine rings is 1. The average molecular weight is 421 g/mol. The van der Waals surface area contributed by atoms with Crippen LogP contribution in [0.3, 0.4) is 0 Å². The SMILES string of the molecule is CC1=Cc2nccc(=O)n2NC1N1CCc2ncc(-c3ccccc3C(F)F)cc2C1. The maximum atomic E-state index is 13.5. The maximum Gasteiger partial charge on any atom is 0.272 e. The van der Waals surface area contributed by atoms with Crippen LogP contribution in [0.15, 0.2) is 59.2 Å². The second kappa shape index (κ2) is 7.70. The molecule has 3 aromatic rings. The molecule has 0 aliphatic carbocycles. The summed E-state index contributed by atoms with van der Waals surface area (Å²) in [6.45, 7) is 3.36. The van der Waals surface area contributed by atoms with Gasteiger partial charge in [-0.25, -0.2) is 18.4 Å². The summed E-state index contributed by atoms with van der Waals surface area (Å²) in [4.78, 5) is 23.3. The number of nitrogens with zero attached hydrogens (tertiary/aromatic N) is 4. The third-order valence-electron chi connectivity index (χ3n) is 5.85. The van der Waals surface area contributed by atoms with Crippen LogP contribution in [0.25, 0.3) is 17.2 Å². The van der Waals surface area contributed by atoms with Crippen molar-refractivity contribution in [2.24, 2.45) is 0 Å². The number of fused-ring (bicyclic) bond motifs is 2. The van der Waals surface area contributed by atoms with Gasteiger partial charge < -0.3 is 0 Å². The molecule has 2 aliphatic rings. The highest BCUT2D eigenvalue weighted by Gasteiger charge is 2.29. The monoisotopic (exact) mass is 421 g/mol. The van der Waals surface area contributed by atoms with Crippen LogP contribution in [-0.4, -0.2) is 32.3 Å². The Bertz CT molecular complexity index is 1240. The Morgan fingerprint density at radius 1 is 1.19 bits per heavy atom. The smallest absolute Gasteiger partial charge is 0.272 e. The van der Waals surface area contributed by atoms with E-state index in [0.29, 0.717) is 23.5 Å². The molecule has 0 spiro atoms. The fourth-order valence-electron chi connectivity index (χ4n) is 4.30. The van der Waals surface area contributed by atoms with Gasteiger partial charge in [-0.3, -0.25) is 20.1 Å². The first kappa shape index (κ1) is 19.6. The van der Waals surface area contributed by atoms with E-state index in [9.17, 15) is 13.6 Å². The molecule has 0 bridgehead atoms. The van der Waals surface area contributed by atoms with Crippen LogP contribution in [-0.2, 0) is 13.0 Å². The summed E-state index contributed by atoms with van der Waals surface area (Å²) in [5.41, 5.74) is 7.33. The molecule has 8 heteroatoms. The Morgan fingerprint density at radius 2 is 2.03 bits per heavy atom. The van der Waals surface area contributed by atoms with Gasteiger partial charge in [0.15, 0.2) is 5.82 Å². The van der Waals surface area contributed by atoms with Gasteiger partial charge in [-0.15, -0.1) is 0 Å². The summed E-state index contributed by atoms with van der Waals surface area (Å²) in [6.07, 6.45) is 3.12. The highest BCUT2D eigenvalue weighted by atomic mass is 19.3. The Balaban J connectivity index is 1.46. The predicted molar refractivity (Wildman–Crippen MR) is 114 cm³/mol. The first-order chi connectivity index (χ1) is 15.0. The zero-order valence-electron chi connectivity index (χ0n) is 16.9. The number of alkyl halides is 2. The van der Waals surface area contributed by atoms with Gasteiger partial charge in [-0.2, -0.15) is 0 Å². The lowest BCUT2D eigenvalue weighted by Crippen LogP contribution is -2.51. The van der Waals surface area contributed by atoms with Crippen molar-refractivity contribution >= 4 is 6.08 Å². The Labute approximate surface area is 177 Å². The van der Waals surface area contributed by atoms with E-state index in [1.54, 1.807) is 24.4 Å². The van der Waals surface area contributed by atoms with E-state index in [-0.39, 0.29) is 17.3 Å². The molecule has 0 saturated heterocycles. The quantitative estimate of drug-likeness (QED) is 0.700. The molecule has 1 aromatic carbocycles. The Hall–Kier alpha value is -3.39. The number of halogens is 2. The third-order valence-corrected chi connectivity index (χ3v) is 5.85. The maximum absolute atomic E-state index is 13.5. The Morgan fingerprint density at radius 3 is 2.87 bits per heavy atom. The van der Waals surface area contributed by atoms with Crippen molar-refractivity contribution < 1.29 is 8.78 Å². The van der Waals surface area contributed by atoms with Crippen LogP contribution < -0.4 is 11.0 Å². The van der Waals surface area contributed by atoms with Crippen LogP contribution in [0.4, 0.5) is 8.78 Å². The van der Waals surface area contributed by atoms with Gasteiger partial charge in [0.25, 0.3) is 12.0 Å². The van der Waals surface area contributed by atoms with E-state index in [2.05, 4.69) is 20.3 Å². The van der Waals surface area contributed by atoms with Crippen molar-refractivity contribution in [3.63, 3.8) is 0 Å². The number of hydrogen-bond acceptors (Lipinski definition) is 5. The lowest BCUT2D eigenvalue weighted by atomic mass is 9.96. The van der Waals surface area contributed by atoms with Gasteiger partial charge >= 0.3 is 0 Å². The highest BCUT2D eigenvalue weighted by Crippen LogP contribution is 2.33. The molecule has 1 N–H and O–H groups in total. The van der Waals surface area contributed by atoms with E-state index in [4.69, 9.17) is 0 Å². The number of hydrogen-bond donors (Lipinski definition) is 1. The van der Waals surface area contributed by atoms with Gasteiger partial charge in [-0.1, -0.05) is 24.3 Å². The summed E-state index contributed by atoms with van der Waals surface area (Å²) in [6, 6.07) is 9.92. The molecule has 4 heterocycles. The summed E-state index contributed by atoms with van der Waals surface area (Å²) < 4.78 is 28.4. The lowest BCUT2D eigenvalue weighted by molar-refractivity contribution is 0.152. The van der Waals surface area contributed by atoms with E-state index in [0.717, 1.165) is 29.8 Å². The first-order valence-electron chi connectivity index (χ1n) is 10.1. The molecule has 5 rings (SSSR count). The minimum Gasteiger partial charge on any atom is -0.300 e. The second-order valence-electron chi connectivity index (χ2n) is 7.83. The fourth-order valence-corrected chi connectivity index (χ4v) is 4.30. The fraction of sp³-hybridized carbons (Fsp3) is 0.261. The van der Waals surface area contributed by atoms with Crippen molar-refractivity contribution in [2.45, 2.75) is 32.5 Å². The highest BCUT2D eigenvalue weighted by molar-refractivity contribution is 5.68. The molecule has 2 aromatic heterocycles. The van der Waals surface area contributed by atoms with Crippen molar-refractivity contribution in [1.29, 1.82) is 0 Å². The number of aromatic nitrogens is 3. The largest absolute Gasteiger partial charge is 0.300 e. The van der Waals surface area contributed by atoms with Crippen molar-refractivity contribution in [3.8, 4) is 11.1 Å². The van der Waals surface area contributed by atoms with Crippen LogP contribution in [0, 0.1) is 0 Å². The summed E-state index contributed by atoms with van der Waals surface area (Å²) in [5.74, 6) is 0.575. The normalized spacial score (nSPS) is 18.2. The minimum atomic E-state index is -2.55. The summed E-state index contributed by atoms with van der Waals surface area (Å²) >= 11 is 0. The number of benzene rings is 1. The van der Waals surface area contributed by atoms with Gasteiger partial charge in [0.2, 0.25) is 0 Å². The van der Waals surface area contributed by atoms with E-state index in [1.807, 2.05) is 19.1 Å². The van der Waals surface area contributed by atoms with Crippen molar-refractivity contribution in [3.05, 3.63) is 87.4 Å². The van der Waals surface area contributed by atoms with Gasteiger partial charge in [-0.05, 0) is 35.8 Å². The molecule has 0 fully saturated rings. The van der Waals surface area contributed by atoms with Crippen LogP contribution in [0.1, 0.15) is 36.0 Å². The molecule has 6 nitrogen and oxygen atoms in total. The molecule has 31 heavy (non-hydrogen) atoms. The predicted octanol–water partition coefficient (Wildman–Crippen LogP) is 3.59. The molecular weight excluding hydrogens is 400 g/mol. The zero-order chi connectivity index (χ0) is 21.5. The van der Waals surface area contributed by atoms with Crippen LogP contribution in [0.5, 0.6) is 0 Å². The minimum absolute atomic E-state index is 0.00752. The third kappa shape index (κ3) is 3.53. The van der Waals surface area contributed by atoms with Gasteiger partial charge in [0.1, 0.15) is 6.17 Å².